The van der Waals surface area contributed by atoms with E-state index in [4.69, 9.17) is 11.6 Å². The number of anilines is 4. The summed E-state index contributed by atoms with van der Waals surface area (Å²) in [4.78, 5) is 24.0. The van der Waals surface area contributed by atoms with Gasteiger partial charge in [-0.2, -0.15) is 0 Å². The molecule has 27 heavy (non-hydrogen) atoms. The average molecular weight is 375 g/mol. The molecular formula is C22H15ClN2O2. The Morgan fingerprint density at radius 1 is 0.593 bits per heavy atom. The highest BCUT2D eigenvalue weighted by molar-refractivity contribution is 6.30. The quantitative estimate of drug-likeness (QED) is 0.478. The zero-order chi connectivity index (χ0) is 18.8. The number of rotatable bonds is 5. The molecule has 4 aromatic carbocycles. The Morgan fingerprint density at radius 3 is 1.85 bits per heavy atom. The molecule has 132 valence electrons. The maximum absolute atomic E-state index is 12.0. The second kappa shape index (κ2) is 7.09. The van der Waals surface area contributed by atoms with Gasteiger partial charge in [-0.05, 0) is 47.5 Å². The Hall–Kier alpha value is -3.37. The van der Waals surface area contributed by atoms with Gasteiger partial charge in [-0.3, -0.25) is 9.59 Å². The van der Waals surface area contributed by atoms with Crippen LogP contribution in [0, 0.1) is 0 Å². The monoisotopic (exact) mass is 374 g/mol. The van der Waals surface area contributed by atoms with Crippen LogP contribution in [0.1, 0.15) is 0 Å². The molecule has 5 heteroatoms. The molecule has 0 aliphatic heterocycles. The van der Waals surface area contributed by atoms with Gasteiger partial charge in [0, 0.05) is 16.4 Å². The molecule has 0 amide bonds. The smallest absolute Gasteiger partial charge is 0.253 e. The van der Waals surface area contributed by atoms with Gasteiger partial charge in [0.1, 0.15) is 11.4 Å². The lowest BCUT2D eigenvalue weighted by Crippen LogP contribution is -2.35. The number of hydrogen-bond acceptors (Lipinski definition) is 4. The molecule has 0 spiro atoms. The van der Waals surface area contributed by atoms with Crippen LogP contribution in [0.5, 0.6) is 0 Å². The van der Waals surface area contributed by atoms with Gasteiger partial charge in [0.2, 0.25) is 0 Å². The third-order valence-corrected chi connectivity index (χ3v) is 4.51. The lowest BCUT2D eigenvalue weighted by Gasteiger charge is -2.15. The minimum atomic E-state index is -0.535. The molecule has 0 heterocycles. The lowest BCUT2D eigenvalue weighted by molar-refractivity contribution is 1.36. The van der Waals surface area contributed by atoms with Crippen molar-refractivity contribution in [3.05, 3.63) is 104 Å². The van der Waals surface area contributed by atoms with Crippen molar-refractivity contribution < 1.29 is 0 Å². The van der Waals surface area contributed by atoms with Gasteiger partial charge in [0.25, 0.3) is 10.9 Å². The summed E-state index contributed by atoms with van der Waals surface area (Å²) in [6.45, 7) is 0. The molecule has 0 aliphatic carbocycles. The summed E-state index contributed by atoms with van der Waals surface area (Å²) in [6, 6.07) is 24.6. The van der Waals surface area contributed by atoms with Gasteiger partial charge in [0.05, 0.1) is 0 Å². The van der Waals surface area contributed by atoms with Crippen LogP contribution in [-0.2, 0) is 0 Å². The summed E-state index contributed by atoms with van der Waals surface area (Å²) < 4.78 is 0. The van der Waals surface area contributed by atoms with Crippen LogP contribution in [-0.4, -0.2) is 0 Å². The van der Waals surface area contributed by atoms with Crippen molar-refractivity contribution in [1.29, 1.82) is 0 Å². The molecular weight excluding hydrogens is 360 g/mol. The Morgan fingerprint density at radius 2 is 1.19 bits per heavy atom. The van der Waals surface area contributed by atoms with Crippen molar-refractivity contribution >= 4 is 34.4 Å². The highest BCUT2D eigenvalue weighted by Gasteiger charge is 2.21. The predicted octanol–water partition coefficient (Wildman–Crippen LogP) is 5.09. The average Bonchev–Trinajstić information content (AvgIpc) is 2.72. The zero-order valence-electron chi connectivity index (χ0n) is 14.2. The van der Waals surface area contributed by atoms with Crippen LogP contribution in [0.3, 0.4) is 0 Å². The zero-order valence-corrected chi connectivity index (χ0v) is 15.0. The van der Waals surface area contributed by atoms with E-state index in [-0.39, 0.29) is 11.4 Å². The highest BCUT2D eigenvalue weighted by atomic mass is 35.5. The highest BCUT2D eigenvalue weighted by Crippen LogP contribution is 2.27. The van der Waals surface area contributed by atoms with E-state index in [2.05, 4.69) is 10.6 Å². The minimum Gasteiger partial charge on any atom is -0.350 e. The first-order chi connectivity index (χ1) is 13.1. The Labute approximate surface area is 160 Å². The molecule has 0 aliphatic rings. The fraction of sp³-hybridized carbons (Fsp3) is 0. The summed E-state index contributed by atoms with van der Waals surface area (Å²) in [5.74, 6) is 0. The van der Waals surface area contributed by atoms with Gasteiger partial charge in [-0.15, -0.1) is 0 Å². The molecule has 0 fully saturated rings. The first-order valence-corrected chi connectivity index (χ1v) is 8.78. The molecule has 0 atom stereocenters. The Bertz CT molecular complexity index is 1160. The first-order valence-electron chi connectivity index (χ1n) is 8.40. The van der Waals surface area contributed by atoms with E-state index in [0.717, 1.165) is 16.8 Å². The summed E-state index contributed by atoms with van der Waals surface area (Å²) in [5.41, 5.74) is 2.98. The topological polar surface area (TPSA) is 58.2 Å². The van der Waals surface area contributed by atoms with E-state index in [1.54, 1.807) is 24.3 Å². The van der Waals surface area contributed by atoms with Crippen LogP contribution in [0.15, 0.2) is 88.5 Å². The SMILES string of the molecule is O=c1c(Nc2ccc(Cl)cc2)c(Nc2cccc(-c3ccccc3)c2)c1=O. The fourth-order valence-electron chi connectivity index (χ4n) is 2.86. The third kappa shape index (κ3) is 3.48. The molecule has 0 bridgehead atoms. The van der Waals surface area contributed by atoms with Crippen LogP contribution in [0.25, 0.3) is 11.1 Å². The minimum absolute atomic E-state index is 0.257. The lowest BCUT2D eigenvalue weighted by atomic mass is 10.0. The van der Waals surface area contributed by atoms with E-state index in [1.165, 1.54) is 0 Å². The summed E-state index contributed by atoms with van der Waals surface area (Å²) >= 11 is 5.88. The maximum Gasteiger partial charge on any atom is 0.253 e. The molecule has 4 aromatic rings. The van der Waals surface area contributed by atoms with E-state index in [9.17, 15) is 9.59 Å². The van der Waals surface area contributed by atoms with E-state index in [0.29, 0.717) is 10.7 Å². The molecule has 0 unspecified atom stereocenters. The molecule has 2 N–H and O–H groups in total. The van der Waals surface area contributed by atoms with E-state index < -0.39 is 10.9 Å². The number of nitrogens with one attached hydrogen (secondary N) is 2. The van der Waals surface area contributed by atoms with E-state index in [1.807, 2.05) is 54.6 Å². The van der Waals surface area contributed by atoms with E-state index >= 15 is 0 Å². The number of halogens is 1. The number of hydrogen-bond donors (Lipinski definition) is 2. The van der Waals surface area contributed by atoms with Gasteiger partial charge in [-0.1, -0.05) is 54.1 Å². The fourth-order valence-corrected chi connectivity index (χ4v) is 2.99. The number of benzene rings is 3. The third-order valence-electron chi connectivity index (χ3n) is 4.26. The van der Waals surface area contributed by atoms with Crippen LogP contribution in [0.4, 0.5) is 22.7 Å². The first kappa shape index (κ1) is 17.1. The molecule has 0 saturated heterocycles. The standard InChI is InChI=1S/C22H15ClN2O2/c23-16-9-11-17(12-10-16)24-19-20(22(27)21(19)26)25-18-8-4-7-15(13-18)14-5-2-1-3-6-14/h1-13,24-25H. The van der Waals surface area contributed by atoms with Crippen molar-refractivity contribution in [3.63, 3.8) is 0 Å². The summed E-state index contributed by atoms with van der Waals surface area (Å²) in [5, 5.41) is 6.66. The Balaban J connectivity index is 1.61. The molecule has 0 radical (unpaired) electrons. The van der Waals surface area contributed by atoms with Crippen molar-refractivity contribution in [2.75, 3.05) is 10.6 Å². The van der Waals surface area contributed by atoms with Crippen molar-refractivity contribution in [1.82, 2.24) is 0 Å². The predicted molar refractivity (Wildman–Crippen MR) is 111 cm³/mol. The largest absolute Gasteiger partial charge is 0.350 e. The normalized spacial score (nSPS) is 10.7. The van der Waals surface area contributed by atoms with Gasteiger partial charge in [0.15, 0.2) is 0 Å². The molecule has 4 rings (SSSR count). The van der Waals surface area contributed by atoms with Crippen LogP contribution >= 0.6 is 11.6 Å². The molecule has 4 nitrogen and oxygen atoms in total. The summed E-state index contributed by atoms with van der Waals surface area (Å²) in [6.07, 6.45) is 0. The molecule has 0 aromatic heterocycles. The van der Waals surface area contributed by atoms with Crippen molar-refractivity contribution in [2.24, 2.45) is 0 Å². The van der Waals surface area contributed by atoms with Crippen molar-refractivity contribution in [3.8, 4) is 11.1 Å². The van der Waals surface area contributed by atoms with Gasteiger partial charge < -0.3 is 10.6 Å². The second-order valence-corrected chi connectivity index (χ2v) is 6.55. The maximum atomic E-state index is 12.0. The van der Waals surface area contributed by atoms with Crippen LogP contribution in [0.2, 0.25) is 5.02 Å². The molecule has 0 saturated carbocycles. The second-order valence-electron chi connectivity index (χ2n) is 6.11. The van der Waals surface area contributed by atoms with Gasteiger partial charge in [-0.25, -0.2) is 0 Å². The Kier molecular flexibility index (Phi) is 4.48. The van der Waals surface area contributed by atoms with Crippen molar-refractivity contribution in [2.45, 2.75) is 0 Å². The van der Waals surface area contributed by atoms with Crippen LogP contribution < -0.4 is 21.5 Å². The van der Waals surface area contributed by atoms with Gasteiger partial charge >= 0.3 is 0 Å². The summed E-state index contributed by atoms with van der Waals surface area (Å²) in [7, 11) is 0.